The zero-order valence-corrected chi connectivity index (χ0v) is 11.5. The molecule has 2 aromatic carbocycles. The maximum Gasteiger partial charge on any atom is 0.0991 e. The number of halogens is 1. The molecule has 96 valence electrons. The van der Waals surface area contributed by atoms with Crippen LogP contribution in [0.15, 0.2) is 48.5 Å². The Bertz CT molecular complexity index is 584. The predicted molar refractivity (Wildman–Crippen MR) is 77.9 cm³/mol. The molecule has 0 amide bonds. The van der Waals surface area contributed by atoms with Crippen LogP contribution in [0.2, 0.25) is 5.02 Å². The third kappa shape index (κ3) is 3.82. The SMILES string of the molecule is CC(NCc1ccc(C#N)cc1)c1cccc(Cl)c1. The van der Waals surface area contributed by atoms with Crippen molar-refractivity contribution < 1.29 is 0 Å². The Morgan fingerprint density at radius 2 is 1.95 bits per heavy atom. The second kappa shape index (κ2) is 6.38. The molecule has 0 saturated heterocycles. The summed E-state index contributed by atoms with van der Waals surface area (Å²) in [5.41, 5.74) is 3.01. The van der Waals surface area contributed by atoms with Crippen molar-refractivity contribution in [2.45, 2.75) is 19.5 Å². The molecule has 1 N–H and O–H groups in total. The summed E-state index contributed by atoms with van der Waals surface area (Å²) in [6, 6.07) is 17.8. The zero-order chi connectivity index (χ0) is 13.7. The van der Waals surface area contributed by atoms with Crippen LogP contribution in [0.25, 0.3) is 0 Å². The van der Waals surface area contributed by atoms with Crippen molar-refractivity contribution in [2.75, 3.05) is 0 Å². The first-order valence-electron chi connectivity index (χ1n) is 6.17. The van der Waals surface area contributed by atoms with Crippen LogP contribution in [0, 0.1) is 11.3 Å². The van der Waals surface area contributed by atoms with Crippen molar-refractivity contribution in [1.82, 2.24) is 5.32 Å². The molecule has 0 aromatic heterocycles. The van der Waals surface area contributed by atoms with E-state index in [1.165, 1.54) is 5.56 Å². The van der Waals surface area contributed by atoms with Gasteiger partial charge in [0, 0.05) is 17.6 Å². The number of nitriles is 1. The molecule has 0 aliphatic rings. The Morgan fingerprint density at radius 1 is 1.21 bits per heavy atom. The topological polar surface area (TPSA) is 35.8 Å². The van der Waals surface area contributed by atoms with Crippen LogP contribution >= 0.6 is 11.6 Å². The molecule has 0 aliphatic carbocycles. The first kappa shape index (κ1) is 13.6. The first-order chi connectivity index (χ1) is 9.19. The normalized spacial score (nSPS) is 11.8. The minimum atomic E-state index is 0.231. The summed E-state index contributed by atoms with van der Waals surface area (Å²) in [4.78, 5) is 0. The Morgan fingerprint density at radius 3 is 2.58 bits per heavy atom. The molecule has 3 heteroatoms. The van der Waals surface area contributed by atoms with Crippen molar-refractivity contribution >= 4 is 11.6 Å². The lowest BCUT2D eigenvalue weighted by Crippen LogP contribution is -2.17. The summed E-state index contributed by atoms with van der Waals surface area (Å²) in [6.45, 7) is 2.87. The van der Waals surface area contributed by atoms with Crippen LogP contribution in [0.3, 0.4) is 0 Å². The van der Waals surface area contributed by atoms with E-state index < -0.39 is 0 Å². The van der Waals surface area contributed by atoms with Gasteiger partial charge in [-0.25, -0.2) is 0 Å². The van der Waals surface area contributed by atoms with E-state index in [-0.39, 0.29) is 6.04 Å². The Kier molecular flexibility index (Phi) is 4.57. The maximum absolute atomic E-state index is 8.74. The molecular formula is C16H15ClN2. The van der Waals surface area contributed by atoms with Crippen LogP contribution < -0.4 is 5.32 Å². The van der Waals surface area contributed by atoms with Crippen molar-refractivity contribution in [3.05, 3.63) is 70.2 Å². The van der Waals surface area contributed by atoms with E-state index in [0.717, 1.165) is 17.1 Å². The van der Waals surface area contributed by atoms with Gasteiger partial charge in [-0.2, -0.15) is 5.26 Å². The smallest absolute Gasteiger partial charge is 0.0991 e. The van der Waals surface area contributed by atoms with Crippen LogP contribution in [-0.4, -0.2) is 0 Å². The van der Waals surface area contributed by atoms with Gasteiger partial charge in [0.1, 0.15) is 0 Å². The van der Waals surface area contributed by atoms with E-state index in [9.17, 15) is 0 Å². The van der Waals surface area contributed by atoms with Gasteiger partial charge in [-0.05, 0) is 42.3 Å². The average molecular weight is 271 g/mol. The predicted octanol–water partition coefficient (Wildman–Crippen LogP) is 4.06. The number of rotatable bonds is 4. The van der Waals surface area contributed by atoms with Crippen molar-refractivity contribution in [1.29, 1.82) is 5.26 Å². The maximum atomic E-state index is 8.74. The van der Waals surface area contributed by atoms with Gasteiger partial charge >= 0.3 is 0 Å². The summed E-state index contributed by atoms with van der Waals surface area (Å²) >= 11 is 5.98. The lowest BCUT2D eigenvalue weighted by molar-refractivity contribution is 0.575. The molecular weight excluding hydrogens is 256 g/mol. The molecule has 1 unspecified atom stereocenters. The molecule has 19 heavy (non-hydrogen) atoms. The Labute approximate surface area is 118 Å². The third-order valence-electron chi connectivity index (χ3n) is 3.04. The van der Waals surface area contributed by atoms with Crippen LogP contribution in [0.4, 0.5) is 0 Å². The van der Waals surface area contributed by atoms with Crippen molar-refractivity contribution in [3.63, 3.8) is 0 Å². The summed E-state index contributed by atoms with van der Waals surface area (Å²) < 4.78 is 0. The lowest BCUT2D eigenvalue weighted by atomic mass is 10.1. The quantitative estimate of drug-likeness (QED) is 0.909. The van der Waals surface area contributed by atoms with Gasteiger partial charge in [-0.1, -0.05) is 35.9 Å². The number of hydrogen-bond acceptors (Lipinski definition) is 2. The van der Waals surface area contributed by atoms with E-state index in [1.807, 2.05) is 42.5 Å². The highest BCUT2D eigenvalue weighted by atomic mass is 35.5. The van der Waals surface area contributed by atoms with Gasteiger partial charge in [0.05, 0.1) is 11.6 Å². The largest absolute Gasteiger partial charge is 0.306 e. The van der Waals surface area contributed by atoms with Gasteiger partial charge in [-0.15, -0.1) is 0 Å². The first-order valence-corrected chi connectivity index (χ1v) is 6.55. The summed E-state index contributed by atoms with van der Waals surface area (Å²) in [5.74, 6) is 0. The minimum absolute atomic E-state index is 0.231. The van der Waals surface area contributed by atoms with Gasteiger partial charge in [0.15, 0.2) is 0 Å². The number of nitrogens with one attached hydrogen (secondary N) is 1. The van der Waals surface area contributed by atoms with E-state index in [1.54, 1.807) is 0 Å². The van der Waals surface area contributed by atoms with Crippen LogP contribution in [0.1, 0.15) is 29.7 Å². The average Bonchev–Trinajstić information content (AvgIpc) is 2.45. The second-order valence-electron chi connectivity index (χ2n) is 4.47. The zero-order valence-electron chi connectivity index (χ0n) is 10.7. The van der Waals surface area contributed by atoms with Gasteiger partial charge < -0.3 is 5.32 Å². The molecule has 0 fully saturated rings. The van der Waals surface area contributed by atoms with Crippen molar-refractivity contribution in [2.24, 2.45) is 0 Å². The van der Waals surface area contributed by atoms with Gasteiger partial charge in [0.25, 0.3) is 0 Å². The van der Waals surface area contributed by atoms with Gasteiger partial charge in [-0.3, -0.25) is 0 Å². The standard InChI is InChI=1S/C16H15ClN2/c1-12(15-3-2-4-16(17)9-15)19-11-14-7-5-13(10-18)6-8-14/h2-9,12,19H,11H2,1H3. The monoisotopic (exact) mass is 270 g/mol. The lowest BCUT2D eigenvalue weighted by Gasteiger charge is -2.14. The fourth-order valence-electron chi connectivity index (χ4n) is 1.86. The molecule has 0 spiro atoms. The minimum Gasteiger partial charge on any atom is -0.306 e. The third-order valence-corrected chi connectivity index (χ3v) is 3.28. The van der Waals surface area contributed by atoms with Crippen LogP contribution in [-0.2, 0) is 6.54 Å². The number of benzene rings is 2. The molecule has 2 aromatic rings. The van der Waals surface area contributed by atoms with E-state index in [4.69, 9.17) is 16.9 Å². The molecule has 1 atom stereocenters. The number of nitrogens with zero attached hydrogens (tertiary/aromatic N) is 1. The highest BCUT2D eigenvalue weighted by Crippen LogP contribution is 2.17. The Balaban J connectivity index is 1.96. The fraction of sp³-hybridized carbons (Fsp3) is 0.188. The summed E-state index contributed by atoms with van der Waals surface area (Å²) in [7, 11) is 0. The van der Waals surface area contributed by atoms with E-state index in [2.05, 4.69) is 24.4 Å². The molecule has 0 radical (unpaired) electrons. The molecule has 2 nitrogen and oxygen atoms in total. The van der Waals surface area contributed by atoms with Crippen molar-refractivity contribution in [3.8, 4) is 6.07 Å². The van der Waals surface area contributed by atoms with Gasteiger partial charge in [0.2, 0.25) is 0 Å². The molecule has 2 rings (SSSR count). The Hall–Kier alpha value is -1.82. The summed E-state index contributed by atoms with van der Waals surface area (Å²) in [5, 5.41) is 12.9. The van der Waals surface area contributed by atoms with E-state index in [0.29, 0.717) is 5.56 Å². The summed E-state index contributed by atoms with van der Waals surface area (Å²) in [6.07, 6.45) is 0. The highest BCUT2D eigenvalue weighted by molar-refractivity contribution is 6.30. The molecule has 0 bridgehead atoms. The number of hydrogen-bond donors (Lipinski definition) is 1. The van der Waals surface area contributed by atoms with E-state index >= 15 is 0 Å². The second-order valence-corrected chi connectivity index (χ2v) is 4.90. The highest BCUT2D eigenvalue weighted by Gasteiger charge is 2.05. The molecule has 0 heterocycles. The van der Waals surface area contributed by atoms with Crippen LogP contribution in [0.5, 0.6) is 0 Å². The molecule has 0 aliphatic heterocycles. The molecule has 0 saturated carbocycles. The fourth-order valence-corrected chi connectivity index (χ4v) is 2.06.